The van der Waals surface area contributed by atoms with Crippen LogP contribution in [0.4, 0.5) is 5.82 Å². The van der Waals surface area contributed by atoms with Crippen LogP contribution in [0.25, 0.3) is 0 Å². The number of aromatic nitrogens is 2. The van der Waals surface area contributed by atoms with Gasteiger partial charge in [-0.25, -0.2) is 0 Å². The van der Waals surface area contributed by atoms with Crippen LogP contribution in [0.15, 0.2) is 36.4 Å². The standard InChI is InChI=1S/C15H17ClN4O/c1-2-9-17-15(21)13-7-8-14(20-19-13)18-10-11-5-3-4-6-12(11)16/h3-8H,2,9-10H2,1H3,(H,17,21)(H,18,20). The van der Waals surface area contributed by atoms with Crippen molar-refractivity contribution in [1.29, 1.82) is 0 Å². The first-order chi connectivity index (χ1) is 10.2. The van der Waals surface area contributed by atoms with Gasteiger partial charge in [-0.1, -0.05) is 36.7 Å². The summed E-state index contributed by atoms with van der Waals surface area (Å²) in [5.74, 6) is 0.393. The average Bonchev–Trinajstić information content (AvgIpc) is 2.52. The first-order valence-electron chi connectivity index (χ1n) is 6.80. The van der Waals surface area contributed by atoms with E-state index in [4.69, 9.17) is 11.6 Å². The molecule has 6 heteroatoms. The Bertz CT molecular complexity index is 601. The molecular weight excluding hydrogens is 288 g/mol. The maximum atomic E-state index is 11.7. The fraction of sp³-hybridized carbons (Fsp3) is 0.267. The van der Waals surface area contributed by atoms with Gasteiger partial charge in [0.2, 0.25) is 0 Å². The molecule has 0 aliphatic carbocycles. The normalized spacial score (nSPS) is 10.2. The van der Waals surface area contributed by atoms with E-state index in [0.717, 1.165) is 12.0 Å². The number of carbonyl (C=O) groups excluding carboxylic acids is 1. The summed E-state index contributed by atoms with van der Waals surface area (Å²) in [7, 11) is 0. The molecule has 1 aromatic carbocycles. The van der Waals surface area contributed by atoms with Crippen molar-refractivity contribution in [3.05, 3.63) is 52.7 Å². The lowest BCUT2D eigenvalue weighted by molar-refractivity contribution is 0.0947. The maximum Gasteiger partial charge on any atom is 0.271 e. The van der Waals surface area contributed by atoms with Crippen molar-refractivity contribution in [2.24, 2.45) is 0 Å². The summed E-state index contributed by atoms with van der Waals surface area (Å²) in [6, 6.07) is 11.0. The van der Waals surface area contributed by atoms with Crippen molar-refractivity contribution in [3.8, 4) is 0 Å². The summed E-state index contributed by atoms with van der Waals surface area (Å²) in [4.78, 5) is 11.7. The molecule has 2 aromatic rings. The summed E-state index contributed by atoms with van der Waals surface area (Å²) in [6.45, 7) is 3.18. The van der Waals surface area contributed by atoms with Crippen LogP contribution in [0.1, 0.15) is 29.4 Å². The summed E-state index contributed by atoms with van der Waals surface area (Å²) in [5.41, 5.74) is 1.29. The monoisotopic (exact) mass is 304 g/mol. The minimum Gasteiger partial charge on any atom is -0.364 e. The van der Waals surface area contributed by atoms with Gasteiger partial charge in [-0.3, -0.25) is 4.79 Å². The van der Waals surface area contributed by atoms with Crippen LogP contribution in [0.5, 0.6) is 0 Å². The number of amides is 1. The van der Waals surface area contributed by atoms with Crippen LogP contribution in [-0.2, 0) is 6.54 Å². The van der Waals surface area contributed by atoms with Crippen molar-refractivity contribution in [1.82, 2.24) is 15.5 Å². The van der Waals surface area contributed by atoms with Crippen LogP contribution in [-0.4, -0.2) is 22.6 Å². The van der Waals surface area contributed by atoms with Crippen LogP contribution < -0.4 is 10.6 Å². The van der Waals surface area contributed by atoms with E-state index in [-0.39, 0.29) is 5.91 Å². The van der Waals surface area contributed by atoms with Gasteiger partial charge in [0.15, 0.2) is 5.69 Å². The van der Waals surface area contributed by atoms with E-state index >= 15 is 0 Å². The van der Waals surface area contributed by atoms with Crippen LogP contribution in [0, 0.1) is 0 Å². The smallest absolute Gasteiger partial charge is 0.271 e. The first kappa shape index (κ1) is 15.3. The predicted octanol–water partition coefficient (Wildman–Crippen LogP) is 2.88. The predicted molar refractivity (Wildman–Crippen MR) is 83.4 cm³/mol. The Balaban J connectivity index is 1.93. The van der Waals surface area contributed by atoms with Gasteiger partial charge in [-0.05, 0) is 30.2 Å². The number of rotatable bonds is 6. The van der Waals surface area contributed by atoms with E-state index in [9.17, 15) is 4.79 Å². The fourth-order valence-electron chi connectivity index (χ4n) is 1.70. The molecule has 0 atom stereocenters. The van der Waals surface area contributed by atoms with Crippen molar-refractivity contribution < 1.29 is 4.79 Å². The van der Waals surface area contributed by atoms with Crippen molar-refractivity contribution in [2.45, 2.75) is 19.9 Å². The Kier molecular flexibility index (Phi) is 5.51. The maximum absolute atomic E-state index is 11.7. The van der Waals surface area contributed by atoms with Gasteiger partial charge < -0.3 is 10.6 Å². The Morgan fingerprint density at radius 3 is 2.67 bits per heavy atom. The lowest BCUT2D eigenvalue weighted by atomic mass is 10.2. The Morgan fingerprint density at radius 1 is 1.19 bits per heavy atom. The van der Waals surface area contributed by atoms with Gasteiger partial charge in [-0.15, -0.1) is 10.2 Å². The second-order valence-electron chi connectivity index (χ2n) is 4.50. The number of nitrogens with one attached hydrogen (secondary N) is 2. The molecule has 0 spiro atoms. The molecule has 0 unspecified atom stereocenters. The van der Waals surface area contributed by atoms with E-state index in [1.807, 2.05) is 31.2 Å². The average molecular weight is 305 g/mol. The van der Waals surface area contributed by atoms with Crippen LogP contribution >= 0.6 is 11.6 Å². The number of halogens is 1. The fourth-order valence-corrected chi connectivity index (χ4v) is 1.91. The number of hydrogen-bond donors (Lipinski definition) is 2. The summed E-state index contributed by atoms with van der Waals surface area (Å²) in [6.07, 6.45) is 0.886. The highest BCUT2D eigenvalue weighted by molar-refractivity contribution is 6.31. The van der Waals surface area contributed by atoms with Crippen molar-refractivity contribution >= 4 is 23.3 Å². The Morgan fingerprint density at radius 2 is 2.00 bits per heavy atom. The van der Waals surface area contributed by atoms with Gasteiger partial charge in [0.05, 0.1) is 0 Å². The molecule has 2 rings (SSSR count). The SMILES string of the molecule is CCCNC(=O)c1ccc(NCc2ccccc2Cl)nn1. The molecule has 0 fully saturated rings. The lowest BCUT2D eigenvalue weighted by Gasteiger charge is -2.07. The van der Waals surface area contributed by atoms with Crippen LogP contribution in [0.3, 0.4) is 0 Å². The molecule has 1 heterocycles. The zero-order chi connectivity index (χ0) is 15.1. The molecule has 21 heavy (non-hydrogen) atoms. The molecule has 1 amide bonds. The summed E-state index contributed by atoms with van der Waals surface area (Å²) < 4.78 is 0. The number of carbonyl (C=O) groups is 1. The highest BCUT2D eigenvalue weighted by Crippen LogP contribution is 2.16. The van der Waals surface area contributed by atoms with E-state index < -0.39 is 0 Å². The largest absolute Gasteiger partial charge is 0.364 e. The van der Waals surface area contributed by atoms with Crippen molar-refractivity contribution in [2.75, 3.05) is 11.9 Å². The third-order valence-corrected chi connectivity index (χ3v) is 3.22. The quantitative estimate of drug-likeness (QED) is 0.861. The zero-order valence-electron chi connectivity index (χ0n) is 11.8. The molecule has 110 valence electrons. The first-order valence-corrected chi connectivity index (χ1v) is 7.17. The van der Waals surface area contributed by atoms with Crippen molar-refractivity contribution in [3.63, 3.8) is 0 Å². The number of anilines is 1. The van der Waals surface area contributed by atoms with Gasteiger partial charge in [-0.2, -0.15) is 0 Å². The van der Waals surface area contributed by atoms with Crippen LogP contribution in [0.2, 0.25) is 5.02 Å². The molecule has 0 bridgehead atoms. The van der Waals surface area contributed by atoms with E-state index in [0.29, 0.717) is 29.6 Å². The Hall–Kier alpha value is -2.14. The third kappa shape index (κ3) is 4.43. The molecule has 5 nitrogen and oxygen atoms in total. The molecule has 2 N–H and O–H groups in total. The zero-order valence-corrected chi connectivity index (χ0v) is 12.5. The minimum atomic E-state index is -0.206. The van der Waals surface area contributed by atoms with Gasteiger partial charge in [0.1, 0.15) is 5.82 Å². The number of hydrogen-bond acceptors (Lipinski definition) is 4. The van der Waals surface area contributed by atoms with Gasteiger partial charge in [0.25, 0.3) is 5.91 Å². The molecule has 0 saturated carbocycles. The van der Waals surface area contributed by atoms with E-state index in [1.165, 1.54) is 0 Å². The van der Waals surface area contributed by atoms with E-state index in [2.05, 4.69) is 20.8 Å². The topological polar surface area (TPSA) is 66.9 Å². The molecule has 1 aromatic heterocycles. The second-order valence-corrected chi connectivity index (χ2v) is 4.91. The molecule has 0 aliphatic rings. The van der Waals surface area contributed by atoms with E-state index in [1.54, 1.807) is 12.1 Å². The number of nitrogens with zero attached hydrogens (tertiary/aromatic N) is 2. The molecule has 0 aliphatic heterocycles. The molecule has 0 radical (unpaired) electrons. The van der Waals surface area contributed by atoms with Gasteiger partial charge >= 0.3 is 0 Å². The lowest BCUT2D eigenvalue weighted by Crippen LogP contribution is -2.25. The molecule has 0 saturated heterocycles. The third-order valence-electron chi connectivity index (χ3n) is 2.85. The minimum absolute atomic E-state index is 0.206. The number of benzene rings is 1. The second kappa shape index (κ2) is 7.59. The Labute approximate surface area is 128 Å². The highest BCUT2D eigenvalue weighted by Gasteiger charge is 2.07. The highest BCUT2D eigenvalue weighted by atomic mass is 35.5. The summed E-state index contributed by atoms with van der Waals surface area (Å²) >= 11 is 6.08. The molecular formula is C15H17ClN4O. The summed E-state index contributed by atoms with van der Waals surface area (Å²) in [5, 5.41) is 14.5. The van der Waals surface area contributed by atoms with Gasteiger partial charge in [0, 0.05) is 18.1 Å².